The molecule has 0 fully saturated rings. The number of hydrogen-bond acceptors (Lipinski definition) is 3. The monoisotopic (exact) mass is 380 g/mol. The second-order valence-electron chi connectivity index (χ2n) is 5.34. The van der Waals surface area contributed by atoms with Gasteiger partial charge in [0.1, 0.15) is 5.01 Å². The van der Waals surface area contributed by atoms with Crippen molar-refractivity contribution in [3.63, 3.8) is 0 Å². The Balaban J connectivity index is 1.87. The zero-order valence-corrected chi connectivity index (χ0v) is 14.9. The van der Waals surface area contributed by atoms with Gasteiger partial charge in [-0.05, 0) is 24.4 Å². The van der Waals surface area contributed by atoms with Gasteiger partial charge in [-0.3, -0.25) is 4.98 Å². The Kier molecular flexibility index (Phi) is 3.71. The minimum Gasteiger partial charge on any atom is -0.263 e. The van der Waals surface area contributed by atoms with Gasteiger partial charge in [0.25, 0.3) is 0 Å². The van der Waals surface area contributed by atoms with Crippen LogP contribution in [0, 0.1) is 6.92 Å². The standard InChI is InChI=1S/C19H13BrN2S/c1-12-18(13-6-8-15(20)9-7-13)22-19(23-12)17-11-21-10-14-4-2-3-5-16(14)17/h2-11H,1H3. The first-order valence-corrected chi connectivity index (χ1v) is 8.90. The van der Waals surface area contributed by atoms with Crippen LogP contribution in [0.3, 0.4) is 0 Å². The minimum absolute atomic E-state index is 1.02. The van der Waals surface area contributed by atoms with Crippen LogP contribution in [0.2, 0.25) is 0 Å². The molecule has 0 N–H and O–H groups in total. The van der Waals surface area contributed by atoms with Gasteiger partial charge >= 0.3 is 0 Å². The number of benzene rings is 2. The highest BCUT2D eigenvalue weighted by molar-refractivity contribution is 9.10. The predicted octanol–water partition coefficient (Wildman–Crippen LogP) is 6.10. The van der Waals surface area contributed by atoms with Gasteiger partial charge in [-0.15, -0.1) is 11.3 Å². The summed E-state index contributed by atoms with van der Waals surface area (Å²) in [7, 11) is 0. The lowest BCUT2D eigenvalue weighted by molar-refractivity contribution is 1.33. The van der Waals surface area contributed by atoms with E-state index in [1.165, 1.54) is 10.3 Å². The third kappa shape index (κ3) is 2.69. The van der Waals surface area contributed by atoms with Crippen molar-refractivity contribution in [2.75, 3.05) is 0 Å². The van der Waals surface area contributed by atoms with E-state index in [9.17, 15) is 0 Å². The molecule has 0 spiro atoms. The average molecular weight is 381 g/mol. The molecule has 0 atom stereocenters. The summed E-state index contributed by atoms with van der Waals surface area (Å²) in [5.41, 5.74) is 3.28. The van der Waals surface area contributed by atoms with E-state index in [2.05, 4.69) is 58.2 Å². The summed E-state index contributed by atoms with van der Waals surface area (Å²) in [5.74, 6) is 0. The zero-order valence-electron chi connectivity index (χ0n) is 12.5. The van der Waals surface area contributed by atoms with E-state index in [0.717, 1.165) is 31.7 Å². The van der Waals surface area contributed by atoms with Crippen molar-refractivity contribution in [2.24, 2.45) is 0 Å². The third-order valence-electron chi connectivity index (χ3n) is 3.81. The number of aryl methyl sites for hydroxylation is 1. The molecule has 0 radical (unpaired) electrons. The Bertz CT molecular complexity index is 985. The second kappa shape index (κ2) is 5.87. The predicted molar refractivity (Wildman–Crippen MR) is 101 cm³/mol. The van der Waals surface area contributed by atoms with Crippen LogP contribution in [0.1, 0.15) is 4.88 Å². The summed E-state index contributed by atoms with van der Waals surface area (Å²) in [6.45, 7) is 2.12. The Hall–Kier alpha value is -2.04. The van der Waals surface area contributed by atoms with Crippen molar-refractivity contribution in [3.05, 3.63) is 70.3 Å². The molecular weight excluding hydrogens is 368 g/mol. The van der Waals surface area contributed by atoms with Gasteiger partial charge in [0.15, 0.2) is 0 Å². The van der Waals surface area contributed by atoms with Crippen LogP contribution in [-0.4, -0.2) is 9.97 Å². The normalized spacial score (nSPS) is 11.0. The van der Waals surface area contributed by atoms with E-state index in [0.29, 0.717) is 0 Å². The van der Waals surface area contributed by atoms with Crippen LogP contribution in [0.4, 0.5) is 0 Å². The fraction of sp³-hybridized carbons (Fsp3) is 0.0526. The van der Waals surface area contributed by atoms with Gasteiger partial charge in [-0.2, -0.15) is 0 Å². The molecule has 2 aromatic carbocycles. The summed E-state index contributed by atoms with van der Waals surface area (Å²) >= 11 is 5.20. The number of fused-ring (bicyclic) bond motifs is 1. The lowest BCUT2D eigenvalue weighted by Gasteiger charge is -2.02. The molecule has 0 aliphatic rings. The van der Waals surface area contributed by atoms with E-state index in [-0.39, 0.29) is 0 Å². The maximum atomic E-state index is 4.89. The molecule has 0 aliphatic heterocycles. The van der Waals surface area contributed by atoms with Crippen LogP contribution in [0.25, 0.3) is 32.6 Å². The molecule has 0 aliphatic carbocycles. The Morgan fingerprint density at radius 1 is 0.957 bits per heavy atom. The minimum atomic E-state index is 1.02. The second-order valence-corrected chi connectivity index (χ2v) is 7.46. The molecule has 0 saturated heterocycles. The van der Waals surface area contributed by atoms with Crippen LogP contribution in [0.15, 0.2) is 65.4 Å². The molecular formula is C19H13BrN2S. The van der Waals surface area contributed by atoms with Crippen molar-refractivity contribution in [1.29, 1.82) is 0 Å². The molecule has 112 valence electrons. The molecule has 2 nitrogen and oxygen atoms in total. The summed E-state index contributed by atoms with van der Waals surface area (Å²) in [4.78, 5) is 10.5. The molecule has 0 bridgehead atoms. The summed E-state index contributed by atoms with van der Waals surface area (Å²) < 4.78 is 1.08. The Morgan fingerprint density at radius 2 is 1.74 bits per heavy atom. The van der Waals surface area contributed by atoms with Crippen molar-refractivity contribution >= 4 is 38.0 Å². The molecule has 4 heteroatoms. The van der Waals surface area contributed by atoms with Crippen LogP contribution in [-0.2, 0) is 0 Å². The SMILES string of the molecule is Cc1sc(-c2cncc3ccccc23)nc1-c1ccc(Br)cc1. The van der Waals surface area contributed by atoms with E-state index in [4.69, 9.17) is 4.98 Å². The number of rotatable bonds is 2. The van der Waals surface area contributed by atoms with E-state index >= 15 is 0 Å². The highest BCUT2D eigenvalue weighted by Crippen LogP contribution is 2.36. The smallest absolute Gasteiger partial charge is 0.126 e. The molecule has 2 heterocycles. The lowest BCUT2D eigenvalue weighted by Crippen LogP contribution is -1.84. The summed E-state index contributed by atoms with van der Waals surface area (Å²) in [5, 5.41) is 3.35. The quantitative estimate of drug-likeness (QED) is 0.420. The van der Waals surface area contributed by atoms with Gasteiger partial charge in [-0.1, -0.05) is 52.3 Å². The number of pyridine rings is 1. The first-order valence-electron chi connectivity index (χ1n) is 7.29. The topological polar surface area (TPSA) is 25.8 Å². The third-order valence-corrected chi connectivity index (χ3v) is 5.35. The molecule has 4 aromatic rings. The number of hydrogen-bond donors (Lipinski definition) is 0. The highest BCUT2D eigenvalue weighted by Gasteiger charge is 2.13. The fourth-order valence-electron chi connectivity index (χ4n) is 2.67. The van der Waals surface area contributed by atoms with Gasteiger partial charge in [0.05, 0.1) is 5.69 Å². The number of thiazole rings is 1. The molecule has 4 rings (SSSR count). The molecule has 2 aromatic heterocycles. The van der Waals surface area contributed by atoms with Gasteiger partial charge in [-0.25, -0.2) is 4.98 Å². The van der Waals surface area contributed by atoms with Crippen LogP contribution in [0.5, 0.6) is 0 Å². The van der Waals surface area contributed by atoms with E-state index < -0.39 is 0 Å². The molecule has 0 saturated carbocycles. The van der Waals surface area contributed by atoms with Gasteiger partial charge < -0.3 is 0 Å². The van der Waals surface area contributed by atoms with Crippen molar-refractivity contribution in [2.45, 2.75) is 6.92 Å². The fourth-order valence-corrected chi connectivity index (χ4v) is 3.90. The molecule has 23 heavy (non-hydrogen) atoms. The number of nitrogens with zero attached hydrogens (tertiary/aromatic N) is 2. The highest BCUT2D eigenvalue weighted by atomic mass is 79.9. The van der Waals surface area contributed by atoms with E-state index in [1.54, 1.807) is 11.3 Å². The van der Waals surface area contributed by atoms with Crippen molar-refractivity contribution < 1.29 is 0 Å². The summed E-state index contributed by atoms with van der Waals surface area (Å²) in [6, 6.07) is 16.6. The van der Waals surface area contributed by atoms with Crippen LogP contribution < -0.4 is 0 Å². The number of halogens is 1. The van der Waals surface area contributed by atoms with Crippen molar-refractivity contribution in [3.8, 4) is 21.8 Å². The zero-order chi connectivity index (χ0) is 15.8. The molecule has 0 unspecified atom stereocenters. The maximum absolute atomic E-state index is 4.89. The maximum Gasteiger partial charge on any atom is 0.126 e. The van der Waals surface area contributed by atoms with Gasteiger partial charge in [0, 0.05) is 38.3 Å². The van der Waals surface area contributed by atoms with E-state index in [1.807, 2.05) is 30.6 Å². The summed E-state index contributed by atoms with van der Waals surface area (Å²) in [6.07, 6.45) is 3.81. The Morgan fingerprint density at radius 3 is 2.57 bits per heavy atom. The largest absolute Gasteiger partial charge is 0.263 e. The van der Waals surface area contributed by atoms with Crippen LogP contribution >= 0.6 is 27.3 Å². The average Bonchev–Trinajstić information content (AvgIpc) is 2.97. The number of aromatic nitrogens is 2. The van der Waals surface area contributed by atoms with Crippen molar-refractivity contribution in [1.82, 2.24) is 9.97 Å². The molecule has 0 amide bonds. The lowest BCUT2D eigenvalue weighted by atomic mass is 10.1. The van der Waals surface area contributed by atoms with Gasteiger partial charge in [0.2, 0.25) is 0 Å². The first kappa shape index (κ1) is 14.5. The Labute approximate surface area is 147 Å². The first-order chi connectivity index (χ1) is 11.2.